The molecule has 1 aromatic heterocycles. The molecular formula is C12H19Br2NO2S2. The van der Waals surface area contributed by atoms with Gasteiger partial charge in [-0.25, -0.2) is 13.1 Å². The van der Waals surface area contributed by atoms with Crippen LogP contribution in [0.15, 0.2) is 14.7 Å². The van der Waals surface area contributed by atoms with Crippen molar-refractivity contribution in [3.63, 3.8) is 0 Å². The van der Waals surface area contributed by atoms with E-state index in [4.69, 9.17) is 0 Å². The van der Waals surface area contributed by atoms with E-state index < -0.39 is 10.0 Å². The van der Waals surface area contributed by atoms with Gasteiger partial charge in [0.1, 0.15) is 0 Å². The molecule has 0 amide bonds. The molecule has 0 saturated heterocycles. The van der Waals surface area contributed by atoms with Gasteiger partial charge in [-0.2, -0.15) is 0 Å². The topological polar surface area (TPSA) is 46.2 Å². The van der Waals surface area contributed by atoms with Crippen LogP contribution in [0.5, 0.6) is 0 Å². The second-order valence-electron chi connectivity index (χ2n) is 5.68. The minimum atomic E-state index is -3.42. The van der Waals surface area contributed by atoms with Crippen molar-refractivity contribution in [2.24, 2.45) is 5.41 Å². The van der Waals surface area contributed by atoms with Crippen LogP contribution in [0.1, 0.15) is 32.1 Å². The highest BCUT2D eigenvalue weighted by Crippen LogP contribution is 2.30. The van der Waals surface area contributed by atoms with Gasteiger partial charge < -0.3 is 0 Å². The van der Waals surface area contributed by atoms with E-state index in [0.29, 0.717) is 11.4 Å². The first-order chi connectivity index (χ1) is 8.51. The molecule has 0 aliphatic heterocycles. The van der Waals surface area contributed by atoms with Crippen molar-refractivity contribution in [3.8, 4) is 0 Å². The summed E-state index contributed by atoms with van der Waals surface area (Å²) in [6.45, 7) is 8.61. The van der Waals surface area contributed by atoms with Gasteiger partial charge in [0.15, 0.2) is 0 Å². The average molecular weight is 433 g/mol. The number of sulfonamides is 1. The van der Waals surface area contributed by atoms with Gasteiger partial charge in [0.25, 0.3) is 0 Å². The minimum Gasteiger partial charge on any atom is -0.210 e. The maximum Gasteiger partial charge on any atom is 0.241 e. The summed E-state index contributed by atoms with van der Waals surface area (Å²) in [5.74, 6) is 0. The highest BCUT2D eigenvalue weighted by Gasteiger charge is 2.22. The lowest BCUT2D eigenvalue weighted by Crippen LogP contribution is -2.31. The molecular weight excluding hydrogens is 414 g/mol. The minimum absolute atomic E-state index is 0.129. The number of hydrogen-bond acceptors (Lipinski definition) is 3. The normalized spacial score (nSPS) is 14.6. The summed E-state index contributed by atoms with van der Waals surface area (Å²) in [6.07, 6.45) is 0.905. The van der Waals surface area contributed by atoms with Crippen LogP contribution in [0.2, 0.25) is 0 Å². The third kappa shape index (κ3) is 5.83. The quantitative estimate of drug-likeness (QED) is 0.705. The summed E-state index contributed by atoms with van der Waals surface area (Å²) in [6, 6.07) is 1.65. The van der Waals surface area contributed by atoms with E-state index in [9.17, 15) is 8.42 Å². The van der Waals surface area contributed by atoms with Crippen LogP contribution in [-0.4, -0.2) is 19.8 Å². The zero-order chi connectivity index (χ0) is 14.8. The summed E-state index contributed by atoms with van der Waals surface area (Å²) < 4.78 is 27.9. The van der Waals surface area contributed by atoms with E-state index in [1.165, 1.54) is 11.3 Å². The molecule has 1 atom stereocenters. The van der Waals surface area contributed by atoms with E-state index in [2.05, 4.69) is 57.4 Å². The Bertz CT molecular complexity index is 532. The SMILES string of the molecule is Cc1sc(Br)cc1S(=O)(=O)NCC(Br)CC(C)(C)C. The molecule has 19 heavy (non-hydrogen) atoms. The van der Waals surface area contributed by atoms with E-state index >= 15 is 0 Å². The molecule has 7 heteroatoms. The van der Waals surface area contributed by atoms with Crippen molar-refractivity contribution >= 4 is 53.2 Å². The number of thiophene rings is 1. The Morgan fingerprint density at radius 1 is 1.42 bits per heavy atom. The van der Waals surface area contributed by atoms with Gasteiger partial charge in [-0.3, -0.25) is 0 Å². The Labute approximate surface area is 136 Å². The molecule has 0 radical (unpaired) electrons. The Morgan fingerprint density at radius 2 is 2.00 bits per heavy atom. The van der Waals surface area contributed by atoms with Gasteiger partial charge in [0, 0.05) is 16.2 Å². The number of alkyl halides is 1. The number of rotatable bonds is 5. The van der Waals surface area contributed by atoms with E-state index in [1.807, 2.05) is 6.92 Å². The zero-order valence-corrected chi connectivity index (χ0v) is 16.3. The van der Waals surface area contributed by atoms with E-state index in [-0.39, 0.29) is 10.2 Å². The van der Waals surface area contributed by atoms with Crippen LogP contribution in [0.25, 0.3) is 0 Å². The molecule has 0 aliphatic rings. The van der Waals surface area contributed by atoms with E-state index in [0.717, 1.165) is 15.1 Å². The van der Waals surface area contributed by atoms with Gasteiger partial charge in [-0.15, -0.1) is 11.3 Å². The van der Waals surface area contributed by atoms with Gasteiger partial charge in [-0.05, 0) is 40.8 Å². The van der Waals surface area contributed by atoms with Gasteiger partial charge in [0.2, 0.25) is 10.0 Å². The average Bonchev–Trinajstić information content (AvgIpc) is 2.53. The molecule has 0 aliphatic carbocycles. The summed E-state index contributed by atoms with van der Waals surface area (Å²) in [5, 5.41) is 0. The van der Waals surface area contributed by atoms with Crippen LogP contribution in [0.3, 0.4) is 0 Å². The molecule has 1 aromatic rings. The van der Waals surface area contributed by atoms with Crippen molar-refractivity contribution in [2.45, 2.75) is 43.8 Å². The molecule has 0 fully saturated rings. The largest absolute Gasteiger partial charge is 0.241 e. The van der Waals surface area contributed by atoms with Crippen LogP contribution in [-0.2, 0) is 10.0 Å². The van der Waals surface area contributed by atoms with Gasteiger partial charge in [-0.1, -0.05) is 36.7 Å². The third-order valence-electron chi connectivity index (χ3n) is 2.46. The number of hydrogen-bond donors (Lipinski definition) is 1. The maximum absolute atomic E-state index is 12.2. The Hall–Kier alpha value is 0.570. The smallest absolute Gasteiger partial charge is 0.210 e. The molecule has 0 spiro atoms. The Kier molecular flexibility index (Phi) is 6.08. The van der Waals surface area contributed by atoms with Crippen LogP contribution in [0, 0.1) is 12.3 Å². The molecule has 110 valence electrons. The molecule has 3 nitrogen and oxygen atoms in total. The van der Waals surface area contributed by atoms with Crippen LogP contribution >= 0.6 is 43.2 Å². The molecule has 1 heterocycles. The molecule has 0 bridgehead atoms. The Balaban J connectivity index is 2.69. The lowest BCUT2D eigenvalue weighted by atomic mass is 9.91. The summed E-state index contributed by atoms with van der Waals surface area (Å²) in [7, 11) is -3.42. The molecule has 0 saturated carbocycles. The number of halogens is 2. The molecule has 1 N–H and O–H groups in total. The highest BCUT2D eigenvalue weighted by atomic mass is 79.9. The van der Waals surface area contributed by atoms with Crippen molar-refractivity contribution in [1.29, 1.82) is 0 Å². The number of nitrogens with one attached hydrogen (secondary N) is 1. The zero-order valence-electron chi connectivity index (χ0n) is 11.5. The van der Waals surface area contributed by atoms with Crippen molar-refractivity contribution < 1.29 is 8.42 Å². The van der Waals surface area contributed by atoms with Gasteiger partial charge in [0.05, 0.1) is 8.68 Å². The number of aryl methyl sites for hydroxylation is 1. The monoisotopic (exact) mass is 431 g/mol. The fourth-order valence-electron chi connectivity index (χ4n) is 1.71. The molecule has 1 unspecified atom stereocenters. The summed E-state index contributed by atoms with van der Waals surface area (Å²) in [4.78, 5) is 1.28. The fraction of sp³-hybridized carbons (Fsp3) is 0.667. The second-order valence-corrected chi connectivity index (χ2v) is 11.4. The standard InChI is InChI=1S/C12H19Br2NO2S2/c1-8-10(5-11(14)18-8)19(16,17)15-7-9(13)6-12(2,3)4/h5,9,15H,6-7H2,1-4H3. The Morgan fingerprint density at radius 3 is 2.42 bits per heavy atom. The second kappa shape index (κ2) is 6.56. The van der Waals surface area contributed by atoms with E-state index in [1.54, 1.807) is 6.07 Å². The maximum atomic E-state index is 12.2. The highest BCUT2D eigenvalue weighted by molar-refractivity contribution is 9.11. The lowest BCUT2D eigenvalue weighted by Gasteiger charge is -2.22. The van der Waals surface area contributed by atoms with Crippen LogP contribution in [0.4, 0.5) is 0 Å². The van der Waals surface area contributed by atoms with Crippen molar-refractivity contribution in [2.75, 3.05) is 6.54 Å². The van der Waals surface area contributed by atoms with Crippen molar-refractivity contribution in [1.82, 2.24) is 4.72 Å². The first kappa shape index (κ1) is 17.6. The third-order valence-corrected chi connectivity index (χ3v) is 6.34. The summed E-state index contributed by atoms with van der Waals surface area (Å²) in [5.41, 5.74) is 0.168. The first-order valence-electron chi connectivity index (χ1n) is 5.91. The lowest BCUT2D eigenvalue weighted by molar-refractivity contribution is 0.373. The first-order valence-corrected chi connectivity index (χ1v) is 9.92. The predicted molar refractivity (Wildman–Crippen MR) is 88.7 cm³/mol. The predicted octanol–water partition coefficient (Wildman–Crippen LogP) is 4.30. The van der Waals surface area contributed by atoms with Gasteiger partial charge >= 0.3 is 0 Å². The summed E-state index contributed by atoms with van der Waals surface area (Å²) >= 11 is 8.27. The molecule has 0 aromatic carbocycles. The van der Waals surface area contributed by atoms with Crippen molar-refractivity contribution in [3.05, 3.63) is 14.7 Å². The fourth-order valence-corrected chi connectivity index (χ4v) is 6.55. The molecule has 1 rings (SSSR count). The van der Waals surface area contributed by atoms with Crippen LogP contribution < -0.4 is 4.72 Å².